The third kappa shape index (κ3) is 6.86. The van der Waals surface area contributed by atoms with Crippen LogP contribution in [0.3, 0.4) is 0 Å². The van der Waals surface area contributed by atoms with Crippen molar-refractivity contribution in [2.45, 2.75) is 58.4 Å². The van der Waals surface area contributed by atoms with Crippen molar-refractivity contribution in [2.75, 3.05) is 38.9 Å². The van der Waals surface area contributed by atoms with E-state index in [9.17, 15) is 19.1 Å². The lowest BCUT2D eigenvalue weighted by molar-refractivity contribution is -0.143. The number of nitrogens with zero attached hydrogens (tertiary/aromatic N) is 1. The summed E-state index contributed by atoms with van der Waals surface area (Å²) in [4.78, 5) is 28.6. The van der Waals surface area contributed by atoms with Crippen molar-refractivity contribution >= 4 is 17.6 Å². The van der Waals surface area contributed by atoms with Crippen molar-refractivity contribution in [3.8, 4) is 23.0 Å². The summed E-state index contributed by atoms with van der Waals surface area (Å²) < 4.78 is 36.9. The molecule has 9 nitrogen and oxygen atoms in total. The van der Waals surface area contributed by atoms with E-state index in [0.717, 1.165) is 24.0 Å². The predicted octanol–water partition coefficient (Wildman–Crippen LogP) is 6.35. The summed E-state index contributed by atoms with van der Waals surface area (Å²) in [5, 5.41) is 13.7. The van der Waals surface area contributed by atoms with E-state index in [0.29, 0.717) is 59.3 Å². The average molecular weight is 621 g/mol. The van der Waals surface area contributed by atoms with Crippen LogP contribution in [0.4, 0.5) is 10.1 Å². The second-order valence-electron chi connectivity index (χ2n) is 11.4. The van der Waals surface area contributed by atoms with Gasteiger partial charge in [0, 0.05) is 24.2 Å². The van der Waals surface area contributed by atoms with Gasteiger partial charge in [-0.2, -0.15) is 0 Å². The number of amides is 1. The molecule has 1 amide bonds. The Kier molecular flexibility index (Phi) is 10.1. The first kappa shape index (κ1) is 32.1. The lowest BCUT2D eigenvalue weighted by Gasteiger charge is -2.27. The molecule has 0 aromatic heterocycles. The zero-order valence-corrected chi connectivity index (χ0v) is 26.2. The number of halogens is 1. The van der Waals surface area contributed by atoms with E-state index in [4.69, 9.17) is 18.9 Å². The molecule has 2 aliphatic heterocycles. The first-order chi connectivity index (χ1) is 21.8. The molecule has 0 spiro atoms. The summed E-state index contributed by atoms with van der Waals surface area (Å²) >= 11 is 0. The fourth-order valence-corrected chi connectivity index (χ4v) is 6.39. The monoisotopic (exact) mass is 620 g/mol. The molecule has 1 saturated heterocycles. The molecule has 0 saturated carbocycles. The molecule has 2 N–H and O–H groups in total. The number of rotatable bonds is 13. The molecule has 2 heterocycles. The Hall–Kier alpha value is -4.31. The van der Waals surface area contributed by atoms with Crippen LogP contribution in [-0.4, -0.2) is 55.5 Å². The summed E-state index contributed by atoms with van der Waals surface area (Å²) in [6, 6.07) is 13.3. The van der Waals surface area contributed by atoms with Gasteiger partial charge in [0.2, 0.25) is 18.4 Å². The molecular formula is C35H41FN2O7. The van der Waals surface area contributed by atoms with Gasteiger partial charge >= 0.3 is 5.97 Å². The lowest BCUT2D eigenvalue weighted by Crippen LogP contribution is -2.35. The number of hydrogen-bond donors (Lipinski definition) is 2. The fraction of sp³-hybridized carbons (Fsp3) is 0.429. The molecule has 45 heavy (non-hydrogen) atoms. The maximum atomic E-state index is 14.2. The van der Waals surface area contributed by atoms with E-state index < -0.39 is 23.8 Å². The molecule has 1 fully saturated rings. The Morgan fingerprint density at radius 1 is 1.02 bits per heavy atom. The Morgan fingerprint density at radius 3 is 2.36 bits per heavy atom. The van der Waals surface area contributed by atoms with Crippen LogP contribution in [0, 0.1) is 11.7 Å². The molecule has 3 aromatic carbocycles. The Balaban J connectivity index is 1.50. The van der Waals surface area contributed by atoms with Gasteiger partial charge in [-0.05, 0) is 77.9 Å². The SMILES string of the molecule is CCCCOc1ccc([C@H]2C(C(=O)O)[C@@H](c3cc(OC)c4c(c3)OCO4)CN2CC(=O)Nc2c(CC)cc(F)cc2CC)cc1. The highest BCUT2D eigenvalue weighted by Crippen LogP contribution is 2.50. The molecule has 5 rings (SSSR count). The van der Waals surface area contributed by atoms with Gasteiger partial charge in [0.05, 0.1) is 26.2 Å². The number of nitrogens with one attached hydrogen (secondary N) is 1. The number of carbonyl (C=O) groups is 2. The van der Waals surface area contributed by atoms with Crippen molar-refractivity contribution in [1.29, 1.82) is 0 Å². The molecule has 240 valence electrons. The number of unbranched alkanes of at least 4 members (excludes halogenated alkanes) is 1. The van der Waals surface area contributed by atoms with Gasteiger partial charge in [0.25, 0.3) is 0 Å². The Bertz CT molecular complexity index is 1500. The number of anilines is 1. The van der Waals surface area contributed by atoms with Crippen LogP contribution in [0.25, 0.3) is 0 Å². The number of carboxylic acids is 1. The maximum Gasteiger partial charge on any atom is 0.309 e. The number of fused-ring (bicyclic) bond motifs is 1. The number of carbonyl (C=O) groups excluding carboxylic acids is 1. The highest BCUT2D eigenvalue weighted by molar-refractivity contribution is 5.94. The molecule has 3 aromatic rings. The molecule has 0 aliphatic carbocycles. The van der Waals surface area contributed by atoms with Crippen LogP contribution in [0.2, 0.25) is 0 Å². The first-order valence-electron chi connectivity index (χ1n) is 15.6. The fourth-order valence-electron chi connectivity index (χ4n) is 6.39. The van der Waals surface area contributed by atoms with Crippen LogP contribution in [0.5, 0.6) is 23.0 Å². The minimum Gasteiger partial charge on any atom is -0.494 e. The summed E-state index contributed by atoms with van der Waals surface area (Å²) in [7, 11) is 1.53. The van der Waals surface area contributed by atoms with E-state index in [1.54, 1.807) is 12.1 Å². The van der Waals surface area contributed by atoms with E-state index in [-0.39, 0.29) is 31.6 Å². The number of aliphatic carboxylic acids is 1. The molecule has 0 radical (unpaired) electrons. The van der Waals surface area contributed by atoms with Crippen molar-refractivity contribution in [2.24, 2.45) is 5.92 Å². The maximum absolute atomic E-state index is 14.2. The number of hydrogen-bond acceptors (Lipinski definition) is 7. The van der Waals surface area contributed by atoms with E-state index in [1.165, 1.54) is 19.2 Å². The minimum atomic E-state index is -0.979. The smallest absolute Gasteiger partial charge is 0.309 e. The van der Waals surface area contributed by atoms with Gasteiger partial charge in [0.1, 0.15) is 11.6 Å². The van der Waals surface area contributed by atoms with Gasteiger partial charge in [0.15, 0.2) is 11.5 Å². The average Bonchev–Trinajstić information content (AvgIpc) is 3.66. The van der Waals surface area contributed by atoms with E-state index >= 15 is 0 Å². The lowest BCUT2D eigenvalue weighted by atomic mass is 9.82. The molecule has 1 unspecified atom stereocenters. The number of ether oxygens (including phenoxy) is 4. The zero-order valence-electron chi connectivity index (χ0n) is 26.2. The van der Waals surface area contributed by atoms with Crippen molar-refractivity contribution in [3.05, 3.63) is 76.6 Å². The summed E-state index contributed by atoms with van der Waals surface area (Å²) in [6.45, 7) is 6.79. The summed E-state index contributed by atoms with van der Waals surface area (Å²) in [5.41, 5.74) is 3.52. The summed E-state index contributed by atoms with van der Waals surface area (Å²) in [5.74, 6) is -0.868. The van der Waals surface area contributed by atoms with E-state index in [2.05, 4.69) is 12.2 Å². The van der Waals surface area contributed by atoms with Crippen molar-refractivity contribution < 1.29 is 38.0 Å². The Labute approximate surface area is 263 Å². The van der Waals surface area contributed by atoms with Crippen LogP contribution in [-0.2, 0) is 22.4 Å². The van der Waals surface area contributed by atoms with Gasteiger partial charge in [-0.3, -0.25) is 14.5 Å². The van der Waals surface area contributed by atoms with Crippen molar-refractivity contribution in [3.63, 3.8) is 0 Å². The molecule has 3 atom stereocenters. The number of likely N-dealkylation sites (tertiary alicyclic amines) is 1. The van der Waals surface area contributed by atoms with Crippen LogP contribution in [0.1, 0.15) is 67.8 Å². The molecular weight excluding hydrogens is 579 g/mol. The minimum absolute atomic E-state index is 0.0483. The van der Waals surface area contributed by atoms with Gasteiger partial charge in [-0.15, -0.1) is 0 Å². The predicted molar refractivity (Wildman–Crippen MR) is 168 cm³/mol. The van der Waals surface area contributed by atoms with E-state index in [1.807, 2.05) is 43.0 Å². The third-order valence-electron chi connectivity index (χ3n) is 8.62. The van der Waals surface area contributed by atoms with Gasteiger partial charge in [-0.1, -0.05) is 39.3 Å². The molecule has 0 bridgehead atoms. The number of carboxylic acid groups (broad SMARTS) is 1. The molecule has 2 aliphatic rings. The highest BCUT2D eigenvalue weighted by atomic mass is 19.1. The van der Waals surface area contributed by atoms with Crippen molar-refractivity contribution in [1.82, 2.24) is 4.90 Å². The van der Waals surface area contributed by atoms with Crippen LogP contribution in [0.15, 0.2) is 48.5 Å². The Morgan fingerprint density at radius 2 is 1.73 bits per heavy atom. The number of aryl methyl sites for hydroxylation is 2. The quantitative estimate of drug-likeness (QED) is 0.213. The first-order valence-corrected chi connectivity index (χ1v) is 15.6. The second-order valence-corrected chi connectivity index (χ2v) is 11.4. The summed E-state index contributed by atoms with van der Waals surface area (Å²) in [6.07, 6.45) is 3.05. The largest absolute Gasteiger partial charge is 0.494 e. The topological polar surface area (TPSA) is 107 Å². The third-order valence-corrected chi connectivity index (χ3v) is 8.62. The normalized spacial score (nSPS) is 19.0. The molecule has 10 heteroatoms. The van der Waals surface area contributed by atoms with Gasteiger partial charge < -0.3 is 29.4 Å². The number of benzene rings is 3. The number of methoxy groups -OCH3 is 1. The standard InChI is InChI=1S/C35H41FN2O7/c1-5-8-13-43-26-11-9-23(10-12-26)33-31(35(40)41)27(24-16-28(42-4)34-29(17-24)44-20-45-34)18-38(33)19-30(39)37-32-21(6-2)14-25(36)15-22(32)7-3/h9-12,14-17,27,31,33H,5-8,13,18-20H2,1-4H3,(H,37,39)(H,40,41)/t27-,31?,33+/m1/s1. The van der Waals surface area contributed by atoms with Gasteiger partial charge in [-0.25, -0.2) is 4.39 Å². The van der Waals surface area contributed by atoms with Crippen LogP contribution < -0.4 is 24.3 Å². The van der Waals surface area contributed by atoms with Crippen LogP contribution >= 0.6 is 0 Å². The highest BCUT2D eigenvalue weighted by Gasteiger charge is 2.48. The second kappa shape index (κ2) is 14.2. The zero-order chi connectivity index (χ0) is 32.1.